The van der Waals surface area contributed by atoms with Gasteiger partial charge in [0.1, 0.15) is 36.3 Å². The Morgan fingerprint density at radius 2 is 1.05 bits per heavy atom. The lowest BCUT2D eigenvalue weighted by Gasteiger charge is -2.33. The summed E-state index contributed by atoms with van der Waals surface area (Å²) in [6.07, 6.45) is 5.86. The van der Waals surface area contributed by atoms with Gasteiger partial charge in [-0.15, -0.1) is 0 Å². The molecule has 1 saturated heterocycles. The third-order valence-electron chi connectivity index (χ3n) is 11.9. The minimum Gasteiger partial charge on any atom is -0.342 e. The van der Waals surface area contributed by atoms with Crippen molar-refractivity contribution in [1.29, 1.82) is 0 Å². The number of nitrogens with two attached hydrogens (primary N) is 1. The second-order valence-electron chi connectivity index (χ2n) is 16.3. The highest BCUT2D eigenvalue weighted by atomic mass is 33.1. The molecule has 0 aliphatic carbocycles. The van der Waals surface area contributed by atoms with E-state index >= 15 is 0 Å². The summed E-state index contributed by atoms with van der Waals surface area (Å²) in [6.45, 7) is 18.5. The van der Waals surface area contributed by atoms with Gasteiger partial charge in [0.15, 0.2) is 0 Å². The Morgan fingerprint density at radius 1 is 0.639 bits per heavy atom. The van der Waals surface area contributed by atoms with Crippen LogP contribution >= 0.6 is 21.6 Å². The zero-order chi connectivity index (χ0) is 45.8. The number of amides is 7. The first-order chi connectivity index (χ1) is 28.9. The Bertz CT molecular complexity index is 1640. The molecule has 9 N–H and O–H groups in total. The van der Waals surface area contributed by atoms with Crippen LogP contribution in [0.2, 0.25) is 0 Å². The monoisotopic (exact) mass is 888 g/mol. The fourth-order valence-electron chi connectivity index (χ4n) is 6.32. The van der Waals surface area contributed by atoms with Crippen LogP contribution in [-0.4, -0.2) is 95.1 Å². The van der Waals surface area contributed by atoms with Crippen LogP contribution in [0.3, 0.4) is 0 Å². The smallest absolute Gasteiger partial charge is 0.247 e. The molecule has 1 aromatic carbocycles. The summed E-state index contributed by atoms with van der Waals surface area (Å²) in [7, 11) is 2.40. The van der Waals surface area contributed by atoms with E-state index in [1.807, 2.05) is 99.6 Å². The summed E-state index contributed by atoms with van der Waals surface area (Å²) in [6, 6.07) is 1.90. The van der Waals surface area contributed by atoms with Crippen molar-refractivity contribution < 1.29 is 33.6 Å². The third kappa shape index (κ3) is 16.6. The summed E-state index contributed by atoms with van der Waals surface area (Å²) in [5, 5.41) is 19.9. The van der Waals surface area contributed by atoms with E-state index in [1.165, 1.54) is 27.8 Å². The van der Waals surface area contributed by atoms with E-state index < -0.39 is 83.6 Å². The molecule has 0 aromatic heterocycles. The molecule has 1 aliphatic heterocycles. The van der Waals surface area contributed by atoms with Gasteiger partial charge in [0, 0.05) is 17.7 Å². The van der Waals surface area contributed by atoms with Crippen molar-refractivity contribution in [1.82, 2.24) is 37.2 Å². The molecule has 342 valence electrons. The average molecular weight is 889 g/mol. The van der Waals surface area contributed by atoms with E-state index in [9.17, 15) is 33.6 Å². The maximum atomic E-state index is 14.2. The van der Waals surface area contributed by atoms with Crippen LogP contribution in [0, 0.1) is 29.6 Å². The second-order valence-corrected chi connectivity index (χ2v) is 18.9. The number of carbonyl (C=O) groups is 7. The zero-order valence-electron chi connectivity index (χ0n) is 37.7. The SMILES string of the molecule is CC[C@H](C)[C@H](N)C(=O)N[C@H]1CSSC[C@@H](C(=O)N/C=C/c2ccccc2)NC(=O)[C@H]([C@@H](C)CC)NC(=O)[C@H]([C@@H](C)CC)NC(=O)[C@H]([C@@H](C)CC)NC(=O)[C@H]([C@@H](C)CC)NC1=O. The maximum absolute atomic E-state index is 14.2. The molecule has 61 heavy (non-hydrogen) atoms. The first kappa shape index (κ1) is 53.0. The number of rotatable bonds is 15. The van der Waals surface area contributed by atoms with E-state index in [0.29, 0.717) is 32.1 Å². The molecule has 1 aliphatic rings. The molecule has 1 heterocycles. The number of hydrogen-bond acceptors (Lipinski definition) is 10. The summed E-state index contributed by atoms with van der Waals surface area (Å²) in [5.74, 6) is -5.63. The molecular weight excluding hydrogens is 817 g/mol. The quantitative estimate of drug-likeness (QED) is 0.119. The molecule has 1 fully saturated rings. The minimum absolute atomic E-state index is 0.0148. The van der Waals surface area contributed by atoms with Crippen molar-refractivity contribution in [2.75, 3.05) is 11.5 Å². The summed E-state index contributed by atoms with van der Waals surface area (Å²) >= 11 is 0. The van der Waals surface area contributed by atoms with Gasteiger partial charge < -0.3 is 43.0 Å². The van der Waals surface area contributed by atoms with Crippen molar-refractivity contribution in [2.45, 2.75) is 144 Å². The van der Waals surface area contributed by atoms with Crippen molar-refractivity contribution in [3.05, 3.63) is 42.1 Å². The standard InChI is InChI=1S/C44H72N8O7S2/c1-11-25(6)33(45)40(55)47-32-24-61-60-23-31(38(53)46-22-21-30-19-17-16-18-20-30)48-41(56)34(26(7)12-2)50-43(58)36(28(9)14-4)52-44(59)37(29(10)15-5)51-42(57)35(27(8)13-3)49-39(32)54/h16-22,25-29,31-37H,11-15,23-24,45H2,1-10H3,(H,46,53)(H,47,55)(H,48,56)(H,49,54)(H,50,58)(H,51,57)(H,52,59)/b22-21+/t25-,26-,27-,28-,29-,31-,32-,33-,34-,35-,36-,37-/m0/s1. The van der Waals surface area contributed by atoms with Crippen LogP contribution < -0.4 is 43.0 Å². The molecule has 15 nitrogen and oxygen atoms in total. The van der Waals surface area contributed by atoms with Crippen LogP contribution in [0.15, 0.2) is 36.5 Å². The highest BCUT2D eigenvalue weighted by Crippen LogP contribution is 2.24. The number of hydrogen-bond donors (Lipinski definition) is 8. The fraction of sp³-hybridized carbons (Fsp3) is 0.659. The minimum atomic E-state index is -1.14. The van der Waals surface area contributed by atoms with Gasteiger partial charge in [-0.2, -0.15) is 0 Å². The van der Waals surface area contributed by atoms with E-state index in [1.54, 1.807) is 6.08 Å². The molecule has 1 aromatic rings. The Balaban J connectivity index is 2.69. The summed E-state index contributed by atoms with van der Waals surface area (Å²) in [4.78, 5) is 98.0. The summed E-state index contributed by atoms with van der Waals surface area (Å²) in [5.41, 5.74) is 7.12. The van der Waals surface area contributed by atoms with E-state index in [-0.39, 0.29) is 41.1 Å². The molecule has 7 amide bonds. The van der Waals surface area contributed by atoms with Gasteiger partial charge in [0.05, 0.1) is 6.04 Å². The van der Waals surface area contributed by atoms with Gasteiger partial charge in [-0.1, -0.05) is 153 Å². The van der Waals surface area contributed by atoms with Crippen LogP contribution in [0.4, 0.5) is 0 Å². The molecule has 2 rings (SSSR count). The predicted octanol–water partition coefficient (Wildman–Crippen LogP) is 3.64. The molecular formula is C44H72N8O7S2. The highest BCUT2D eigenvalue weighted by Gasteiger charge is 2.38. The van der Waals surface area contributed by atoms with Gasteiger partial charge in [-0.3, -0.25) is 33.6 Å². The molecule has 0 radical (unpaired) electrons. The topological polar surface area (TPSA) is 230 Å². The largest absolute Gasteiger partial charge is 0.342 e. The maximum Gasteiger partial charge on any atom is 0.247 e. The third-order valence-corrected chi connectivity index (χ3v) is 14.3. The molecule has 0 spiro atoms. The molecule has 0 unspecified atom stereocenters. The fourth-order valence-corrected chi connectivity index (χ4v) is 8.64. The van der Waals surface area contributed by atoms with Crippen molar-refractivity contribution in [2.24, 2.45) is 35.3 Å². The van der Waals surface area contributed by atoms with Crippen molar-refractivity contribution >= 4 is 69.0 Å². The normalized spacial score (nSPS) is 25.9. The molecule has 12 atom stereocenters. The van der Waals surface area contributed by atoms with Gasteiger partial charge >= 0.3 is 0 Å². The zero-order valence-corrected chi connectivity index (χ0v) is 39.3. The predicted molar refractivity (Wildman–Crippen MR) is 245 cm³/mol. The second kappa shape index (κ2) is 27.1. The van der Waals surface area contributed by atoms with E-state index in [2.05, 4.69) is 37.2 Å². The lowest BCUT2D eigenvalue weighted by atomic mass is 9.92. The first-order valence-corrected chi connectivity index (χ1v) is 24.3. The molecule has 0 bridgehead atoms. The Labute approximate surface area is 371 Å². The van der Waals surface area contributed by atoms with Crippen LogP contribution in [0.5, 0.6) is 0 Å². The van der Waals surface area contributed by atoms with Gasteiger partial charge in [-0.05, 0) is 41.2 Å². The Hall–Kier alpha value is -4.09. The number of carbonyl (C=O) groups excluding carboxylic acids is 7. The van der Waals surface area contributed by atoms with Crippen LogP contribution in [0.25, 0.3) is 6.08 Å². The lowest BCUT2D eigenvalue weighted by Crippen LogP contribution is -2.63. The van der Waals surface area contributed by atoms with Crippen molar-refractivity contribution in [3.8, 4) is 0 Å². The highest BCUT2D eigenvalue weighted by molar-refractivity contribution is 8.76. The average Bonchev–Trinajstić information content (AvgIpc) is 3.26. The van der Waals surface area contributed by atoms with Crippen LogP contribution in [0.1, 0.15) is 107 Å². The van der Waals surface area contributed by atoms with E-state index in [0.717, 1.165) is 5.56 Å². The van der Waals surface area contributed by atoms with Crippen LogP contribution in [-0.2, 0) is 33.6 Å². The Kier molecular flexibility index (Phi) is 23.5. The van der Waals surface area contributed by atoms with Gasteiger partial charge in [-0.25, -0.2) is 0 Å². The molecule has 17 heteroatoms. The lowest BCUT2D eigenvalue weighted by molar-refractivity contribution is -0.137. The number of nitrogens with one attached hydrogen (secondary N) is 7. The van der Waals surface area contributed by atoms with E-state index in [4.69, 9.17) is 5.73 Å². The van der Waals surface area contributed by atoms with Gasteiger partial charge in [0.25, 0.3) is 0 Å². The van der Waals surface area contributed by atoms with Crippen molar-refractivity contribution in [3.63, 3.8) is 0 Å². The Morgan fingerprint density at radius 3 is 1.48 bits per heavy atom. The number of benzene rings is 1. The van der Waals surface area contributed by atoms with Gasteiger partial charge in [0.2, 0.25) is 41.4 Å². The summed E-state index contributed by atoms with van der Waals surface area (Å²) < 4.78 is 0. The first-order valence-electron chi connectivity index (χ1n) is 21.8. The molecule has 0 saturated carbocycles.